The summed E-state index contributed by atoms with van der Waals surface area (Å²) >= 11 is 0. The van der Waals surface area contributed by atoms with E-state index in [0.29, 0.717) is 11.1 Å². The van der Waals surface area contributed by atoms with E-state index >= 15 is 0 Å². The van der Waals surface area contributed by atoms with Crippen LogP contribution in [0.3, 0.4) is 0 Å². The van der Waals surface area contributed by atoms with Crippen LogP contribution in [0.2, 0.25) is 0 Å². The maximum atomic E-state index is 12.6. The van der Waals surface area contributed by atoms with E-state index in [1.165, 1.54) is 11.1 Å². The van der Waals surface area contributed by atoms with E-state index in [9.17, 15) is 10.1 Å². The third-order valence-electron chi connectivity index (χ3n) is 4.73. The van der Waals surface area contributed by atoms with E-state index in [2.05, 4.69) is 35.5 Å². The first-order valence-electron chi connectivity index (χ1n) is 8.63. The van der Waals surface area contributed by atoms with E-state index in [4.69, 9.17) is 0 Å². The van der Waals surface area contributed by atoms with Crippen molar-refractivity contribution in [2.24, 2.45) is 0 Å². The van der Waals surface area contributed by atoms with Crippen molar-refractivity contribution in [3.63, 3.8) is 0 Å². The number of amides is 1. The SMILES string of the molecule is CC(C)c1ccc(C(=O)Nc2ccc3c(c2)CN(C)CC3)cc1C#N. The highest BCUT2D eigenvalue weighted by atomic mass is 16.1. The van der Waals surface area contributed by atoms with Crippen molar-refractivity contribution < 1.29 is 4.79 Å². The molecule has 0 unspecified atom stereocenters. The monoisotopic (exact) mass is 333 g/mol. The molecule has 0 aliphatic carbocycles. The van der Waals surface area contributed by atoms with Crippen molar-refractivity contribution in [3.8, 4) is 6.07 Å². The van der Waals surface area contributed by atoms with Gasteiger partial charge < -0.3 is 10.2 Å². The summed E-state index contributed by atoms with van der Waals surface area (Å²) < 4.78 is 0. The van der Waals surface area contributed by atoms with Crippen molar-refractivity contribution in [2.75, 3.05) is 18.9 Å². The maximum Gasteiger partial charge on any atom is 0.255 e. The predicted molar refractivity (Wildman–Crippen MR) is 99.7 cm³/mol. The highest BCUT2D eigenvalue weighted by molar-refractivity contribution is 6.04. The Morgan fingerprint density at radius 2 is 2.00 bits per heavy atom. The Balaban J connectivity index is 1.81. The molecule has 0 fully saturated rings. The van der Waals surface area contributed by atoms with Crippen LogP contribution in [-0.4, -0.2) is 24.4 Å². The Bertz CT molecular complexity index is 849. The largest absolute Gasteiger partial charge is 0.322 e. The summed E-state index contributed by atoms with van der Waals surface area (Å²) in [6.45, 7) is 6.05. The summed E-state index contributed by atoms with van der Waals surface area (Å²) in [4.78, 5) is 14.8. The average molecular weight is 333 g/mol. The molecule has 1 aliphatic heterocycles. The minimum absolute atomic E-state index is 0.184. The lowest BCUT2D eigenvalue weighted by molar-refractivity contribution is 0.102. The number of benzene rings is 2. The lowest BCUT2D eigenvalue weighted by atomic mass is 9.95. The fourth-order valence-electron chi connectivity index (χ4n) is 3.28. The summed E-state index contributed by atoms with van der Waals surface area (Å²) in [5.41, 5.74) is 5.45. The van der Waals surface area contributed by atoms with Gasteiger partial charge >= 0.3 is 0 Å². The van der Waals surface area contributed by atoms with Gasteiger partial charge in [-0.2, -0.15) is 5.26 Å². The van der Waals surface area contributed by atoms with Crippen LogP contribution in [-0.2, 0) is 13.0 Å². The molecule has 0 radical (unpaired) electrons. The van der Waals surface area contributed by atoms with Crippen LogP contribution in [0.5, 0.6) is 0 Å². The number of nitrogens with one attached hydrogen (secondary N) is 1. The second kappa shape index (κ2) is 7.08. The van der Waals surface area contributed by atoms with Gasteiger partial charge in [-0.15, -0.1) is 0 Å². The Morgan fingerprint density at radius 1 is 1.20 bits per heavy atom. The lowest BCUT2D eigenvalue weighted by Gasteiger charge is -2.25. The Hall–Kier alpha value is -2.64. The summed E-state index contributed by atoms with van der Waals surface area (Å²) in [6, 6.07) is 13.6. The van der Waals surface area contributed by atoms with Gasteiger partial charge in [0, 0.05) is 24.3 Å². The van der Waals surface area contributed by atoms with Crippen LogP contribution in [0.4, 0.5) is 5.69 Å². The molecule has 0 bridgehead atoms. The van der Waals surface area contributed by atoms with E-state index in [-0.39, 0.29) is 11.8 Å². The Kier molecular flexibility index (Phi) is 4.87. The van der Waals surface area contributed by atoms with Gasteiger partial charge in [-0.1, -0.05) is 26.0 Å². The lowest BCUT2D eigenvalue weighted by Crippen LogP contribution is -2.26. The number of likely N-dealkylation sites (N-methyl/N-ethyl adjacent to an activating group) is 1. The third-order valence-corrected chi connectivity index (χ3v) is 4.73. The Labute approximate surface area is 149 Å². The molecule has 0 spiro atoms. The van der Waals surface area contributed by atoms with Crippen LogP contribution < -0.4 is 5.32 Å². The second-order valence-corrected chi connectivity index (χ2v) is 6.99. The van der Waals surface area contributed by atoms with E-state index in [0.717, 1.165) is 30.8 Å². The van der Waals surface area contributed by atoms with Gasteiger partial charge in [0.1, 0.15) is 0 Å². The first-order valence-corrected chi connectivity index (χ1v) is 8.63. The summed E-state index contributed by atoms with van der Waals surface area (Å²) in [6.07, 6.45) is 1.04. The molecule has 0 saturated carbocycles. The number of hydrogen-bond donors (Lipinski definition) is 1. The fraction of sp³-hybridized carbons (Fsp3) is 0.333. The molecule has 1 heterocycles. The number of carbonyl (C=O) groups excluding carboxylic acids is 1. The average Bonchev–Trinajstić information content (AvgIpc) is 2.60. The molecule has 0 saturated heterocycles. The molecule has 1 aliphatic rings. The molecule has 0 atom stereocenters. The minimum atomic E-state index is -0.184. The number of hydrogen-bond acceptors (Lipinski definition) is 3. The maximum absolute atomic E-state index is 12.6. The van der Waals surface area contributed by atoms with Crippen LogP contribution in [0.15, 0.2) is 36.4 Å². The molecule has 128 valence electrons. The Morgan fingerprint density at radius 3 is 2.72 bits per heavy atom. The molecule has 2 aromatic carbocycles. The number of anilines is 1. The van der Waals surface area contributed by atoms with Crippen LogP contribution in [0.1, 0.15) is 52.4 Å². The molecule has 4 heteroatoms. The van der Waals surface area contributed by atoms with Crippen LogP contribution in [0, 0.1) is 11.3 Å². The predicted octanol–water partition coefficient (Wildman–Crippen LogP) is 3.92. The van der Waals surface area contributed by atoms with Gasteiger partial charge in [-0.05, 0) is 60.3 Å². The topological polar surface area (TPSA) is 56.1 Å². The van der Waals surface area contributed by atoms with Gasteiger partial charge in [0.05, 0.1) is 11.6 Å². The van der Waals surface area contributed by atoms with E-state index < -0.39 is 0 Å². The standard InChI is InChI=1S/C21H23N3O/c1-14(2)20-7-5-16(10-17(20)12-22)21(25)23-19-6-4-15-8-9-24(3)13-18(15)11-19/h4-7,10-11,14H,8-9,13H2,1-3H3,(H,23,25). The number of carbonyl (C=O) groups is 1. The molecular formula is C21H23N3O. The smallest absolute Gasteiger partial charge is 0.255 e. The molecule has 25 heavy (non-hydrogen) atoms. The van der Waals surface area contributed by atoms with Crippen molar-refractivity contribution in [3.05, 3.63) is 64.2 Å². The highest BCUT2D eigenvalue weighted by Crippen LogP contribution is 2.23. The third kappa shape index (κ3) is 3.72. The summed E-state index contributed by atoms with van der Waals surface area (Å²) in [5.74, 6) is 0.0697. The second-order valence-electron chi connectivity index (χ2n) is 6.99. The van der Waals surface area contributed by atoms with Gasteiger partial charge in [-0.3, -0.25) is 4.79 Å². The zero-order valence-electron chi connectivity index (χ0n) is 15.0. The molecule has 3 rings (SSSR count). The first-order chi connectivity index (χ1) is 12.0. The highest BCUT2D eigenvalue weighted by Gasteiger charge is 2.15. The number of rotatable bonds is 3. The summed E-state index contributed by atoms with van der Waals surface area (Å²) in [5, 5.41) is 12.3. The van der Waals surface area contributed by atoms with Gasteiger partial charge in [0.2, 0.25) is 0 Å². The quantitative estimate of drug-likeness (QED) is 0.926. The zero-order valence-corrected chi connectivity index (χ0v) is 15.0. The van der Waals surface area contributed by atoms with E-state index in [1.54, 1.807) is 12.1 Å². The molecule has 4 nitrogen and oxygen atoms in total. The molecular weight excluding hydrogens is 310 g/mol. The molecule has 2 aromatic rings. The normalized spacial score (nSPS) is 14.0. The van der Waals surface area contributed by atoms with Gasteiger partial charge in [0.25, 0.3) is 5.91 Å². The fourth-order valence-corrected chi connectivity index (χ4v) is 3.28. The zero-order chi connectivity index (χ0) is 18.0. The van der Waals surface area contributed by atoms with Gasteiger partial charge in [-0.25, -0.2) is 0 Å². The van der Waals surface area contributed by atoms with Gasteiger partial charge in [0.15, 0.2) is 0 Å². The van der Waals surface area contributed by atoms with Crippen molar-refractivity contribution in [1.29, 1.82) is 5.26 Å². The number of fused-ring (bicyclic) bond motifs is 1. The van der Waals surface area contributed by atoms with E-state index in [1.807, 2.05) is 26.0 Å². The summed E-state index contributed by atoms with van der Waals surface area (Å²) in [7, 11) is 2.11. The van der Waals surface area contributed by atoms with Crippen LogP contribution >= 0.6 is 0 Å². The van der Waals surface area contributed by atoms with Crippen molar-refractivity contribution in [2.45, 2.75) is 32.7 Å². The molecule has 1 amide bonds. The van der Waals surface area contributed by atoms with Crippen molar-refractivity contribution >= 4 is 11.6 Å². The minimum Gasteiger partial charge on any atom is -0.322 e. The number of nitrogens with zero attached hydrogens (tertiary/aromatic N) is 2. The molecule has 1 N–H and O–H groups in total. The number of nitriles is 1. The van der Waals surface area contributed by atoms with Crippen molar-refractivity contribution in [1.82, 2.24) is 4.90 Å². The molecule has 0 aromatic heterocycles. The first kappa shape index (κ1) is 17.2. The van der Waals surface area contributed by atoms with Crippen LogP contribution in [0.25, 0.3) is 0 Å².